The summed E-state index contributed by atoms with van der Waals surface area (Å²) in [6.07, 6.45) is -0.0632. The summed E-state index contributed by atoms with van der Waals surface area (Å²) in [5.74, 6) is 0.394. The molecule has 1 amide bonds. The summed E-state index contributed by atoms with van der Waals surface area (Å²) >= 11 is 0. The number of ether oxygens (including phenoxy) is 2. The van der Waals surface area contributed by atoms with Gasteiger partial charge in [0.25, 0.3) is 0 Å². The molecule has 0 aromatic rings. The van der Waals surface area contributed by atoms with Gasteiger partial charge in [-0.05, 0) is 20.8 Å². The number of carbonyl (C=O) groups excluding carboxylic acids is 1. The highest BCUT2D eigenvalue weighted by molar-refractivity contribution is 5.68. The van der Waals surface area contributed by atoms with E-state index in [4.69, 9.17) is 9.47 Å². The number of fused-ring (bicyclic) bond motifs is 1. The third-order valence-electron chi connectivity index (χ3n) is 3.05. The van der Waals surface area contributed by atoms with Crippen molar-refractivity contribution in [1.29, 1.82) is 0 Å². The van der Waals surface area contributed by atoms with Crippen LogP contribution >= 0.6 is 0 Å². The first-order valence-electron chi connectivity index (χ1n) is 6.26. The van der Waals surface area contributed by atoms with Crippen molar-refractivity contribution in [3.8, 4) is 0 Å². The second-order valence-electron chi connectivity index (χ2n) is 5.76. The predicted molar refractivity (Wildman–Crippen MR) is 63.9 cm³/mol. The first kappa shape index (κ1) is 12.6. The lowest BCUT2D eigenvalue weighted by Crippen LogP contribution is -2.36. The van der Waals surface area contributed by atoms with E-state index in [0.29, 0.717) is 12.5 Å². The predicted octanol–water partition coefficient (Wildman–Crippen LogP) is 0.842. The van der Waals surface area contributed by atoms with Crippen molar-refractivity contribution in [2.75, 3.05) is 32.8 Å². The van der Waals surface area contributed by atoms with E-state index < -0.39 is 5.60 Å². The summed E-state index contributed by atoms with van der Waals surface area (Å²) in [4.78, 5) is 13.7. The van der Waals surface area contributed by atoms with Crippen LogP contribution in [-0.4, -0.2) is 55.5 Å². The lowest BCUT2D eigenvalue weighted by Gasteiger charge is -2.24. The maximum Gasteiger partial charge on any atom is 0.410 e. The van der Waals surface area contributed by atoms with Gasteiger partial charge in [-0.3, -0.25) is 0 Å². The van der Waals surface area contributed by atoms with Crippen molar-refractivity contribution in [3.05, 3.63) is 0 Å². The Morgan fingerprint density at radius 1 is 1.41 bits per heavy atom. The maximum atomic E-state index is 11.9. The van der Waals surface area contributed by atoms with Gasteiger partial charge >= 0.3 is 6.09 Å². The molecular weight excluding hydrogens is 220 g/mol. The molecule has 17 heavy (non-hydrogen) atoms. The molecule has 0 radical (unpaired) electrons. The van der Waals surface area contributed by atoms with Crippen LogP contribution in [0.3, 0.4) is 0 Å². The van der Waals surface area contributed by atoms with E-state index in [-0.39, 0.29) is 12.2 Å². The highest BCUT2D eigenvalue weighted by Gasteiger charge is 2.38. The number of likely N-dealkylation sites (tertiary alicyclic amines) is 1. The average molecular weight is 242 g/mol. The topological polar surface area (TPSA) is 50.8 Å². The SMILES string of the molecule is CC(C)(C)OC(=O)N1C[C@H]2CNCCO[C@H]2C1. The number of amides is 1. The largest absolute Gasteiger partial charge is 0.444 e. The summed E-state index contributed by atoms with van der Waals surface area (Å²) in [6.45, 7) is 9.59. The fourth-order valence-electron chi connectivity index (χ4n) is 2.27. The van der Waals surface area contributed by atoms with Crippen molar-refractivity contribution in [2.24, 2.45) is 5.92 Å². The Kier molecular flexibility index (Phi) is 3.58. The minimum absolute atomic E-state index is 0.164. The van der Waals surface area contributed by atoms with Crippen LogP contribution in [0.5, 0.6) is 0 Å². The molecule has 1 N–H and O–H groups in total. The Morgan fingerprint density at radius 2 is 2.18 bits per heavy atom. The third-order valence-corrected chi connectivity index (χ3v) is 3.05. The van der Waals surface area contributed by atoms with Crippen molar-refractivity contribution in [1.82, 2.24) is 10.2 Å². The van der Waals surface area contributed by atoms with Gasteiger partial charge in [-0.2, -0.15) is 0 Å². The molecule has 2 heterocycles. The highest BCUT2D eigenvalue weighted by atomic mass is 16.6. The Hall–Kier alpha value is -0.810. The molecule has 0 unspecified atom stereocenters. The molecule has 0 saturated carbocycles. The van der Waals surface area contributed by atoms with Crippen LogP contribution in [0.1, 0.15) is 20.8 Å². The lowest BCUT2D eigenvalue weighted by molar-refractivity contribution is 0.0214. The molecule has 0 spiro atoms. The van der Waals surface area contributed by atoms with Crippen LogP contribution in [0.2, 0.25) is 0 Å². The van der Waals surface area contributed by atoms with E-state index >= 15 is 0 Å². The van der Waals surface area contributed by atoms with E-state index in [1.807, 2.05) is 20.8 Å². The maximum absolute atomic E-state index is 11.9. The van der Waals surface area contributed by atoms with Gasteiger partial charge in [0.1, 0.15) is 5.60 Å². The quantitative estimate of drug-likeness (QED) is 0.684. The summed E-state index contributed by atoms with van der Waals surface area (Å²) < 4.78 is 11.1. The van der Waals surface area contributed by atoms with E-state index in [1.165, 1.54) is 0 Å². The summed E-state index contributed by atoms with van der Waals surface area (Å²) in [7, 11) is 0. The number of carbonyl (C=O) groups is 1. The zero-order valence-electron chi connectivity index (χ0n) is 10.9. The number of nitrogens with zero attached hydrogens (tertiary/aromatic N) is 1. The summed E-state index contributed by atoms with van der Waals surface area (Å²) in [6, 6.07) is 0. The van der Waals surface area contributed by atoms with E-state index in [9.17, 15) is 4.79 Å². The van der Waals surface area contributed by atoms with Gasteiger partial charge in [-0.1, -0.05) is 0 Å². The van der Waals surface area contributed by atoms with Crippen LogP contribution in [0.15, 0.2) is 0 Å². The van der Waals surface area contributed by atoms with Crippen molar-refractivity contribution < 1.29 is 14.3 Å². The van der Waals surface area contributed by atoms with Crippen molar-refractivity contribution >= 4 is 6.09 Å². The first-order chi connectivity index (χ1) is 7.96. The molecule has 98 valence electrons. The molecule has 5 nitrogen and oxygen atoms in total. The van der Waals surface area contributed by atoms with Gasteiger partial charge in [0.2, 0.25) is 0 Å². The van der Waals surface area contributed by atoms with Gasteiger partial charge in [0.15, 0.2) is 0 Å². The monoisotopic (exact) mass is 242 g/mol. The van der Waals surface area contributed by atoms with Gasteiger partial charge in [-0.25, -0.2) is 4.79 Å². The molecule has 2 saturated heterocycles. The Balaban J connectivity index is 1.90. The molecule has 5 heteroatoms. The molecule has 2 aliphatic heterocycles. The van der Waals surface area contributed by atoms with E-state index in [2.05, 4.69) is 5.32 Å². The molecule has 2 fully saturated rings. The van der Waals surface area contributed by atoms with Gasteiger partial charge in [-0.15, -0.1) is 0 Å². The number of hydrogen-bond acceptors (Lipinski definition) is 4. The lowest BCUT2D eigenvalue weighted by atomic mass is 10.1. The molecule has 0 bridgehead atoms. The molecule has 0 aromatic carbocycles. The fourth-order valence-corrected chi connectivity index (χ4v) is 2.27. The minimum atomic E-state index is -0.430. The number of rotatable bonds is 0. The van der Waals surface area contributed by atoms with Crippen molar-refractivity contribution in [3.63, 3.8) is 0 Å². The molecule has 0 aromatic heterocycles. The second-order valence-corrected chi connectivity index (χ2v) is 5.76. The zero-order valence-corrected chi connectivity index (χ0v) is 10.9. The standard InChI is InChI=1S/C12H22N2O3/c1-12(2,3)17-11(15)14-7-9-6-13-4-5-16-10(9)8-14/h9-10,13H,4-8H2,1-3H3/t9-,10+/m1/s1. The Morgan fingerprint density at radius 3 is 2.88 bits per heavy atom. The van der Waals surface area contributed by atoms with Crippen molar-refractivity contribution in [2.45, 2.75) is 32.5 Å². The smallest absolute Gasteiger partial charge is 0.410 e. The van der Waals surface area contributed by atoms with Gasteiger partial charge < -0.3 is 19.7 Å². The average Bonchev–Trinajstić information content (AvgIpc) is 2.48. The van der Waals surface area contributed by atoms with Crippen LogP contribution in [-0.2, 0) is 9.47 Å². The molecular formula is C12H22N2O3. The van der Waals surface area contributed by atoms with Crippen LogP contribution < -0.4 is 5.32 Å². The number of nitrogens with one attached hydrogen (secondary N) is 1. The van der Waals surface area contributed by atoms with E-state index in [1.54, 1.807) is 4.90 Å². The van der Waals surface area contributed by atoms with Gasteiger partial charge in [0, 0.05) is 25.6 Å². The van der Waals surface area contributed by atoms with Crippen LogP contribution in [0.25, 0.3) is 0 Å². The first-order valence-corrected chi connectivity index (χ1v) is 6.26. The van der Waals surface area contributed by atoms with Crippen LogP contribution in [0.4, 0.5) is 4.79 Å². The fraction of sp³-hybridized carbons (Fsp3) is 0.917. The third kappa shape index (κ3) is 3.33. The van der Waals surface area contributed by atoms with Gasteiger partial charge in [0.05, 0.1) is 19.3 Å². The van der Waals surface area contributed by atoms with Crippen LogP contribution in [0, 0.1) is 5.92 Å². The zero-order chi connectivity index (χ0) is 12.5. The molecule has 2 rings (SSSR count). The second kappa shape index (κ2) is 4.82. The summed E-state index contributed by atoms with van der Waals surface area (Å²) in [5.41, 5.74) is -0.430. The van der Waals surface area contributed by atoms with E-state index in [0.717, 1.165) is 26.2 Å². The highest BCUT2D eigenvalue weighted by Crippen LogP contribution is 2.22. The molecule has 0 aliphatic carbocycles. The number of hydrogen-bond donors (Lipinski definition) is 1. The molecule has 2 aliphatic rings. The minimum Gasteiger partial charge on any atom is -0.444 e. The molecule has 2 atom stereocenters. The Bertz CT molecular complexity index is 274. The summed E-state index contributed by atoms with van der Waals surface area (Å²) in [5, 5.41) is 3.32. The normalized spacial score (nSPS) is 29.7. The Labute approximate surface area is 102 Å².